The molecule has 0 aromatic heterocycles. The molecule has 1 aromatic rings. The van der Waals surface area contributed by atoms with Crippen LogP contribution in [0.5, 0.6) is 0 Å². The summed E-state index contributed by atoms with van der Waals surface area (Å²) < 4.78 is 34.5. The average molecular weight is 737 g/mol. The van der Waals surface area contributed by atoms with Crippen LogP contribution in [0.2, 0.25) is 5.02 Å². The Hall–Kier alpha value is -2.34. The summed E-state index contributed by atoms with van der Waals surface area (Å²) in [6, 6.07) is 7.06. The summed E-state index contributed by atoms with van der Waals surface area (Å²) in [4.78, 5) is 47.8. The standard InChI is InChI=1S/C39H61ClF2N5O4/c1-9-45(46(36(50)38(5,6)26-51-8)29-16-19-39(41,42)20-17-29)35(49)33-11-10-22-47(33,7)30-18-21-43(23-30)34(48)32-25-44(37(2,3)4)24-31(32)27-12-14-28(40)15-13-27/h12-15,29-33H,9-11,16-26H2,1-8H3/q+1/t30-,31-,32+,33-,47?/m0/s1. The number of methoxy groups -OCH3 is 1. The minimum atomic E-state index is -2.76. The number of carbonyl (C=O) groups is 3. The molecule has 3 saturated heterocycles. The third kappa shape index (κ3) is 8.26. The fraction of sp³-hybridized carbons (Fsp3) is 0.769. The molecule has 3 aliphatic heterocycles. The van der Waals surface area contributed by atoms with Crippen molar-refractivity contribution in [1.29, 1.82) is 0 Å². The normalized spacial score (nSPS) is 29.0. The van der Waals surface area contributed by atoms with Crippen molar-refractivity contribution in [3.63, 3.8) is 0 Å². The molecule has 0 bridgehead atoms. The number of rotatable bonds is 9. The van der Waals surface area contributed by atoms with Gasteiger partial charge in [-0.2, -0.15) is 0 Å². The van der Waals surface area contributed by atoms with Gasteiger partial charge in [0.25, 0.3) is 5.91 Å². The van der Waals surface area contributed by atoms with Gasteiger partial charge in [0.1, 0.15) is 6.04 Å². The molecular formula is C39H61ClF2N5O4+. The Balaban J connectivity index is 1.36. The summed E-state index contributed by atoms with van der Waals surface area (Å²) in [5, 5.41) is 3.77. The summed E-state index contributed by atoms with van der Waals surface area (Å²) >= 11 is 6.23. The van der Waals surface area contributed by atoms with E-state index in [4.69, 9.17) is 16.3 Å². The minimum absolute atomic E-state index is 0.0580. The molecule has 4 aliphatic rings. The van der Waals surface area contributed by atoms with Crippen LogP contribution in [-0.4, -0.2) is 132 Å². The molecule has 1 unspecified atom stereocenters. The molecular weight excluding hydrogens is 676 g/mol. The average Bonchev–Trinajstić information content (AvgIpc) is 3.83. The maximum absolute atomic E-state index is 14.8. The summed E-state index contributed by atoms with van der Waals surface area (Å²) in [6.45, 7) is 15.9. The molecule has 51 heavy (non-hydrogen) atoms. The first kappa shape index (κ1) is 39.9. The van der Waals surface area contributed by atoms with E-state index in [0.717, 1.165) is 31.5 Å². The van der Waals surface area contributed by atoms with E-state index in [-0.39, 0.29) is 80.0 Å². The SMILES string of the molecule is CCN(C(=O)[C@@H]1CCC[N+]1(C)[C@H]1CCN(C(=O)[C@@H]2CN(C(C)(C)C)C[C@H]2c2ccc(Cl)cc2)C1)N(C(=O)C(C)(C)COC)C1CCC(F)(F)CC1. The van der Waals surface area contributed by atoms with E-state index in [1.54, 1.807) is 18.9 Å². The minimum Gasteiger partial charge on any atom is -0.384 e. The zero-order chi connectivity index (χ0) is 37.5. The number of carbonyl (C=O) groups excluding carboxylic acids is 3. The first-order valence-corrected chi connectivity index (χ1v) is 19.4. The van der Waals surface area contributed by atoms with Gasteiger partial charge in [-0.1, -0.05) is 23.7 Å². The number of hydrazine groups is 1. The van der Waals surface area contributed by atoms with Crippen LogP contribution in [0.3, 0.4) is 0 Å². The molecule has 5 rings (SSSR count). The second-order valence-electron chi connectivity index (χ2n) is 17.4. The third-order valence-corrected chi connectivity index (χ3v) is 12.7. The van der Waals surface area contributed by atoms with Crippen LogP contribution in [0, 0.1) is 11.3 Å². The maximum atomic E-state index is 14.8. The van der Waals surface area contributed by atoms with Gasteiger partial charge in [-0.3, -0.25) is 19.3 Å². The molecule has 0 N–H and O–H groups in total. The molecule has 286 valence electrons. The van der Waals surface area contributed by atoms with E-state index in [2.05, 4.69) is 32.7 Å². The largest absolute Gasteiger partial charge is 0.384 e. The highest BCUT2D eigenvalue weighted by Crippen LogP contribution is 2.41. The Bertz CT molecular complexity index is 1410. The fourth-order valence-electron chi connectivity index (χ4n) is 9.26. The van der Waals surface area contributed by atoms with Crippen LogP contribution in [0.1, 0.15) is 98.0 Å². The fourth-order valence-corrected chi connectivity index (χ4v) is 9.38. The lowest BCUT2D eigenvalue weighted by Crippen LogP contribution is -2.66. The lowest BCUT2D eigenvalue weighted by Gasteiger charge is -2.48. The second-order valence-corrected chi connectivity index (χ2v) is 17.8. The first-order valence-electron chi connectivity index (χ1n) is 19.0. The molecule has 0 spiro atoms. The smallest absolute Gasteiger partial charge is 0.299 e. The van der Waals surface area contributed by atoms with Gasteiger partial charge in [-0.15, -0.1) is 0 Å². The first-order chi connectivity index (χ1) is 23.8. The van der Waals surface area contributed by atoms with Crippen molar-refractivity contribution in [2.24, 2.45) is 11.3 Å². The predicted octanol–water partition coefficient (Wildman–Crippen LogP) is 6.21. The van der Waals surface area contributed by atoms with Gasteiger partial charge in [-0.25, -0.2) is 18.8 Å². The number of halogens is 3. The van der Waals surface area contributed by atoms with Crippen molar-refractivity contribution in [2.75, 3.05) is 60.0 Å². The summed E-state index contributed by atoms with van der Waals surface area (Å²) in [7, 11) is 3.67. The molecule has 1 aliphatic carbocycles. The van der Waals surface area contributed by atoms with E-state index in [1.165, 1.54) is 12.1 Å². The zero-order valence-corrected chi connectivity index (χ0v) is 32.9. The molecule has 4 fully saturated rings. The van der Waals surface area contributed by atoms with Gasteiger partial charge in [0.05, 0.1) is 44.1 Å². The van der Waals surface area contributed by atoms with E-state index < -0.39 is 23.4 Å². The lowest BCUT2D eigenvalue weighted by molar-refractivity contribution is -0.934. The molecule has 3 heterocycles. The molecule has 3 amide bonds. The third-order valence-electron chi connectivity index (χ3n) is 12.4. The van der Waals surface area contributed by atoms with Gasteiger partial charge < -0.3 is 14.1 Å². The van der Waals surface area contributed by atoms with E-state index >= 15 is 0 Å². The van der Waals surface area contributed by atoms with Crippen LogP contribution in [-0.2, 0) is 19.1 Å². The Labute approximate surface area is 309 Å². The van der Waals surface area contributed by atoms with E-state index in [9.17, 15) is 23.2 Å². The van der Waals surface area contributed by atoms with Crippen LogP contribution >= 0.6 is 11.6 Å². The van der Waals surface area contributed by atoms with E-state index in [0.29, 0.717) is 35.6 Å². The van der Waals surface area contributed by atoms with Crippen LogP contribution < -0.4 is 0 Å². The molecule has 0 radical (unpaired) electrons. The van der Waals surface area contributed by atoms with Crippen molar-refractivity contribution in [3.8, 4) is 0 Å². The second kappa shape index (κ2) is 15.2. The van der Waals surface area contributed by atoms with Crippen molar-refractivity contribution in [1.82, 2.24) is 19.8 Å². The Morgan fingerprint density at radius 3 is 2.24 bits per heavy atom. The predicted molar refractivity (Wildman–Crippen MR) is 195 cm³/mol. The maximum Gasteiger partial charge on any atom is 0.299 e. The van der Waals surface area contributed by atoms with Crippen LogP contribution in [0.25, 0.3) is 0 Å². The van der Waals surface area contributed by atoms with Gasteiger partial charge >= 0.3 is 0 Å². The molecule has 9 nitrogen and oxygen atoms in total. The highest BCUT2D eigenvalue weighted by molar-refractivity contribution is 6.30. The topological polar surface area (TPSA) is 73.4 Å². The van der Waals surface area contributed by atoms with Gasteiger partial charge in [0.15, 0.2) is 6.04 Å². The summed E-state index contributed by atoms with van der Waals surface area (Å²) in [6.07, 6.45) is 1.96. The number of hydrogen-bond acceptors (Lipinski definition) is 5. The number of hydrogen-bond donors (Lipinski definition) is 0. The highest BCUT2D eigenvalue weighted by Gasteiger charge is 2.54. The van der Waals surface area contributed by atoms with E-state index in [1.807, 2.05) is 36.1 Å². The number of benzene rings is 1. The monoisotopic (exact) mass is 736 g/mol. The molecule has 1 saturated carbocycles. The van der Waals surface area contributed by atoms with Crippen LogP contribution in [0.15, 0.2) is 24.3 Å². The quantitative estimate of drug-likeness (QED) is 0.223. The Morgan fingerprint density at radius 1 is 1.00 bits per heavy atom. The molecule has 12 heteroatoms. The van der Waals surface area contributed by atoms with Gasteiger partial charge in [0.2, 0.25) is 17.7 Å². The summed E-state index contributed by atoms with van der Waals surface area (Å²) in [5.74, 6) is -3.14. The van der Waals surface area contributed by atoms with Crippen LogP contribution in [0.4, 0.5) is 8.78 Å². The summed E-state index contributed by atoms with van der Waals surface area (Å²) in [5.41, 5.74) is 0.0979. The number of likely N-dealkylation sites (N-methyl/N-ethyl adjacent to an activating group) is 2. The lowest BCUT2D eigenvalue weighted by atomic mass is 9.88. The zero-order valence-electron chi connectivity index (χ0n) is 32.1. The van der Waals surface area contributed by atoms with Crippen molar-refractivity contribution in [3.05, 3.63) is 34.9 Å². The van der Waals surface area contributed by atoms with Gasteiger partial charge in [0, 0.05) is 81.9 Å². The molecule has 5 atom stereocenters. The number of nitrogens with zero attached hydrogens (tertiary/aromatic N) is 5. The number of quaternary nitrogens is 1. The number of likely N-dealkylation sites (tertiary alicyclic amines) is 3. The number of ether oxygens (including phenoxy) is 1. The van der Waals surface area contributed by atoms with Crippen molar-refractivity contribution >= 4 is 29.3 Å². The Morgan fingerprint density at radius 2 is 1.65 bits per heavy atom. The van der Waals surface area contributed by atoms with Gasteiger partial charge in [-0.05, 0) is 72.1 Å². The Kier molecular flexibility index (Phi) is 11.9. The number of alkyl halides is 2. The highest BCUT2D eigenvalue weighted by atomic mass is 35.5. The van der Waals surface area contributed by atoms with Crippen molar-refractivity contribution in [2.45, 2.75) is 122 Å². The molecule has 1 aromatic carbocycles. The van der Waals surface area contributed by atoms with Crippen molar-refractivity contribution < 1.29 is 32.4 Å². The number of amides is 3.